The number of rotatable bonds is 0. The quantitative estimate of drug-likeness (QED) is 0.443. The molecule has 0 nitrogen and oxygen atoms in total. The van der Waals surface area contributed by atoms with Gasteiger partial charge in [-0.05, 0) is 6.42 Å². The summed E-state index contributed by atoms with van der Waals surface area (Å²) >= 11 is 0. The predicted octanol–water partition coefficient (Wildman–Crippen LogP) is 1.76. The molecule has 1 aliphatic carbocycles. The molecule has 0 amide bonds. The predicted molar refractivity (Wildman–Crippen MR) is 22.8 cm³/mol. The minimum absolute atomic E-state index is 0. The van der Waals surface area contributed by atoms with Crippen molar-refractivity contribution in [3.8, 4) is 0 Å². The van der Waals surface area contributed by atoms with Crippen molar-refractivity contribution in [2.45, 2.75) is 25.7 Å². The van der Waals surface area contributed by atoms with Crippen LogP contribution in [-0.4, -0.2) is 0 Å². The summed E-state index contributed by atoms with van der Waals surface area (Å²) < 4.78 is 0. The second kappa shape index (κ2) is 3.80. The van der Waals surface area contributed by atoms with Crippen LogP contribution in [0.2, 0.25) is 0 Å². The van der Waals surface area contributed by atoms with Gasteiger partial charge in [0.25, 0.3) is 0 Å². The summed E-state index contributed by atoms with van der Waals surface area (Å²) in [4.78, 5) is 0. The third-order valence-corrected chi connectivity index (χ3v) is 1.07. The third kappa shape index (κ3) is 1.92. The van der Waals surface area contributed by atoms with E-state index in [-0.39, 0.29) is 19.5 Å². The van der Waals surface area contributed by atoms with Gasteiger partial charge in [-0.25, -0.2) is 0 Å². The largest absolute Gasteiger partial charge is 0.0530 e. The van der Waals surface area contributed by atoms with Crippen LogP contribution in [0.25, 0.3) is 0 Å². The van der Waals surface area contributed by atoms with Crippen molar-refractivity contribution in [2.75, 3.05) is 0 Å². The van der Waals surface area contributed by atoms with E-state index >= 15 is 0 Å². The van der Waals surface area contributed by atoms with Gasteiger partial charge in [-0.3, -0.25) is 0 Å². The molecule has 0 aromatic rings. The van der Waals surface area contributed by atoms with Crippen molar-refractivity contribution in [3.05, 3.63) is 6.42 Å². The van der Waals surface area contributed by atoms with Crippen LogP contribution in [0.4, 0.5) is 0 Å². The summed E-state index contributed by atoms with van der Waals surface area (Å²) in [5.74, 6) is 0. The van der Waals surface area contributed by atoms with Crippen molar-refractivity contribution in [2.24, 2.45) is 0 Å². The van der Waals surface area contributed by atoms with E-state index in [1.165, 1.54) is 25.7 Å². The van der Waals surface area contributed by atoms with Crippen molar-refractivity contribution in [3.63, 3.8) is 0 Å². The van der Waals surface area contributed by atoms with E-state index in [0.717, 1.165) is 0 Å². The first kappa shape index (κ1) is 6.62. The molecule has 6 heavy (non-hydrogen) atoms. The average molecular weight is 135 g/mol. The van der Waals surface area contributed by atoms with E-state index in [9.17, 15) is 0 Å². The SMILES string of the molecule is [CH]1CCCC1.[Zn]. The molecule has 0 aliphatic heterocycles. The summed E-state index contributed by atoms with van der Waals surface area (Å²) in [6.07, 6.45) is 8.00. The molecule has 1 heteroatoms. The maximum absolute atomic E-state index is 2.36. The number of hydrogen-bond acceptors (Lipinski definition) is 0. The Kier molecular flexibility index (Phi) is 4.20. The van der Waals surface area contributed by atoms with E-state index in [1.807, 2.05) is 0 Å². The maximum Gasteiger partial charge on any atom is 0 e. The van der Waals surface area contributed by atoms with Gasteiger partial charge in [0, 0.05) is 19.5 Å². The Labute approximate surface area is 52.1 Å². The van der Waals surface area contributed by atoms with Gasteiger partial charge < -0.3 is 0 Å². The average Bonchev–Trinajstić information content (AvgIpc) is 1.76. The van der Waals surface area contributed by atoms with Crippen LogP contribution in [0.15, 0.2) is 0 Å². The molecular formula is C5H9Zn. The van der Waals surface area contributed by atoms with Gasteiger partial charge in [-0.1, -0.05) is 25.7 Å². The monoisotopic (exact) mass is 133 g/mol. The zero-order valence-corrected chi connectivity index (χ0v) is 7.08. The van der Waals surface area contributed by atoms with Crippen LogP contribution >= 0.6 is 0 Å². The molecule has 0 spiro atoms. The van der Waals surface area contributed by atoms with Crippen molar-refractivity contribution < 1.29 is 19.5 Å². The van der Waals surface area contributed by atoms with Gasteiger partial charge in [-0.2, -0.15) is 0 Å². The van der Waals surface area contributed by atoms with Gasteiger partial charge >= 0.3 is 0 Å². The molecule has 0 N–H and O–H groups in total. The van der Waals surface area contributed by atoms with Crippen molar-refractivity contribution in [1.82, 2.24) is 0 Å². The molecule has 1 aliphatic rings. The van der Waals surface area contributed by atoms with Gasteiger partial charge in [0.05, 0.1) is 0 Å². The smallest absolute Gasteiger partial charge is 0 e. The van der Waals surface area contributed by atoms with Gasteiger partial charge in [0.15, 0.2) is 0 Å². The fourth-order valence-corrected chi connectivity index (χ4v) is 0.722. The molecule has 1 fully saturated rings. The van der Waals surface area contributed by atoms with E-state index in [1.54, 1.807) is 0 Å². The van der Waals surface area contributed by atoms with E-state index in [2.05, 4.69) is 6.42 Å². The Morgan fingerprint density at radius 2 is 1.50 bits per heavy atom. The standard InChI is InChI=1S/C5H9.Zn/c1-2-4-5-3-1;/h1H,2-5H2;. The van der Waals surface area contributed by atoms with Gasteiger partial charge in [0.2, 0.25) is 0 Å². The zero-order chi connectivity index (χ0) is 3.54. The summed E-state index contributed by atoms with van der Waals surface area (Å²) in [6, 6.07) is 0. The molecule has 0 heterocycles. The molecule has 0 aromatic heterocycles. The van der Waals surface area contributed by atoms with Gasteiger partial charge in [-0.15, -0.1) is 0 Å². The Morgan fingerprint density at radius 3 is 1.67 bits per heavy atom. The minimum Gasteiger partial charge on any atom is -0.0530 e. The molecule has 0 atom stereocenters. The number of hydrogen-bond donors (Lipinski definition) is 0. The first-order valence-electron chi connectivity index (χ1n) is 2.32. The summed E-state index contributed by atoms with van der Waals surface area (Å²) in [6.45, 7) is 0. The first-order valence-corrected chi connectivity index (χ1v) is 2.32. The Balaban J connectivity index is 0.000000250. The fraction of sp³-hybridized carbons (Fsp3) is 0.800. The van der Waals surface area contributed by atoms with Crippen LogP contribution in [-0.2, 0) is 19.5 Å². The van der Waals surface area contributed by atoms with Crippen molar-refractivity contribution >= 4 is 0 Å². The molecule has 0 aromatic carbocycles. The molecule has 31 valence electrons. The molecule has 1 radical (unpaired) electrons. The molecular weight excluding hydrogens is 125 g/mol. The second-order valence-corrected chi connectivity index (χ2v) is 1.57. The van der Waals surface area contributed by atoms with Gasteiger partial charge in [0.1, 0.15) is 0 Å². The van der Waals surface area contributed by atoms with Crippen LogP contribution < -0.4 is 0 Å². The van der Waals surface area contributed by atoms with Crippen LogP contribution in [0.3, 0.4) is 0 Å². The Hall–Kier alpha value is 0.623. The molecule has 1 rings (SSSR count). The van der Waals surface area contributed by atoms with E-state index in [0.29, 0.717) is 0 Å². The fourth-order valence-electron chi connectivity index (χ4n) is 0.722. The normalized spacial score (nSPS) is 20.0. The molecule has 0 unspecified atom stereocenters. The molecule has 0 saturated heterocycles. The maximum atomic E-state index is 2.36. The first-order chi connectivity index (χ1) is 2.50. The second-order valence-electron chi connectivity index (χ2n) is 1.57. The third-order valence-electron chi connectivity index (χ3n) is 1.07. The Morgan fingerprint density at radius 1 is 1.00 bits per heavy atom. The Bertz CT molecular complexity index is 15.5. The van der Waals surface area contributed by atoms with Crippen LogP contribution in [0.1, 0.15) is 25.7 Å². The van der Waals surface area contributed by atoms with Crippen molar-refractivity contribution in [1.29, 1.82) is 0 Å². The van der Waals surface area contributed by atoms with Crippen LogP contribution in [0, 0.1) is 6.42 Å². The summed E-state index contributed by atoms with van der Waals surface area (Å²) in [7, 11) is 0. The topological polar surface area (TPSA) is 0 Å². The van der Waals surface area contributed by atoms with Crippen LogP contribution in [0.5, 0.6) is 0 Å². The zero-order valence-electron chi connectivity index (χ0n) is 4.11. The van der Waals surface area contributed by atoms with E-state index in [4.69, 9.17) is 0 Å². The summed E-state index contributed by atoms with van der Waals surface area (Å²) in [5, 5.41) is 0. The minimum atomic E-state index is 0. The molecule has 1 saturated carbocycles. The van der Waals surface area contributed by atoms with E-state index < -0.39 is 0 Å². The summed E-state index contributed by atoms with van der Waals surface area (Å²) in [5.41, 5.74) is 0. The molecule has 0 bridgehead atoms.